The first-order valence-electron chi connectivity index (χ1n) is 7.69. The number of carboxylic acid groups (broad SMARTS) is 1. The Bertz CT molecular complexity index is 894. The van der Waals surface area contributed by atoms with Crippen molar-refractivity contribution >= 4 is 28.5 Å². The molecule has 3 aromatic rings. The van der Waals surface area contributed by atoms with Gasteiger partial charge in [0, 0.05) is 10.4 Å². The van der Waals surface area contributed by atoms with E-state index in [4.69, 9.17) is 16.3 Å². The number of benzene rings is 2. The molecule has 24 heavy (non-hydrogen) atoms. The molecule has 0 unspecified atom stereocenters. The number of nitrogens with zero attached hydrogens (tertiary/aromatic N) is 1. The SMILES string of the molecule is Cc1cccc(C)c1OCCn1c(C(=O)O)cc2c(Cl)cccc21. The van der Waals surface area contributed by atoms with Crippen molar-refractivity contribution in [3.05, 3.63) is 64.3 Å². The average molecular weight is 344 g/mol. The molecule has 124 valence electrons. The third kappa shape index (κ3) is 2.97. The van der Waals surface area contributed by atoms with Gasteiger partial charge in [-0.15, -0.1) is 0 Å². The van der Waals surface area contributed by atoms with E-state index in [0.29, 0.717) is 18.2 Å². The number of carboxylic acids is 1. The fraction of sp³-hybridized carbons (Fsp3) is 0.211. The van der Waals surface area contributed by atoms with E-state index < -0.39 is 5.97 Å². The van der Waals surface area contributed by atoms with Crippen LogP contribution < -0.4 is 4.74 Å². The number of hydrogen-bond donors (Lipinski definition) is 1. The van der Waals surface area contributed by atoms with Gasteiger partial charge >= 0.3 is 5.97 Å². The van der Waals surface area contributed by atoms with Gasteiger partial charge in [-0.25, -0.2) is 4.79 Å². The van der Waals surface area contributed by atoms with Crippen LogP contribution in [0.15, 0.2) is 42.5 Å². The van der Waals surface area contributed by atoms with E-state index in [2.05, 4.69) is 0 Å². The minimum atomic E-state index is -0.977. The third-order valence-corrected chi connectivity index (χ3v) is 4.41. The van der Waals surface area contributed by atoms with Gasteiger partial charge in [0.25, 0.3) is 0 Å². The van der Waals surface area contributed by atoms with Gasteiger partial charge in [0.05, 0.1) is 12.1 Å². The fourth-order valence-electron chi connectivity index (χ4n) is 2.93. The number of para-hydroxylation sites is 1. The second-order valence-electron chi connectivity index (χ2n) is 5.73. The highest BCUT2D eigenvalue weighted by Crippen LogP contribution is 2.27. The van der Waals surface area contributed by atoms with E-state index in [1.54, 1.807) is 16.7 Å². The summed E-state index contributed by atoms with van der Waals surface area (Å²) in [5.41, 5.74) is 3.14. The Labute approximate surface area is 145 Å². The number of fused-ring (bicyclic) bond motifs is 1. The molecule has 0 aliphatic rings. The summed E-state index contributed by atoms with van der Waals surface area (Å²) in [7, 11) is 0. The highest BCUT2D eigenvalue weighted by Gasteiger charge is 2.16. The molecule has 0 saturated heterocycles. The molecule has 0 aliphatic heterocycles. The molecule has 3 rings (SSSR count). The van der Waals surface area contributed by atoms with Crippen LogP contribution in [0.3, 0.4) is 0 Å². The summed E-state index contributed by atoms with van der Waals surface area (Å²) in [6, 6.07) is 13.0. The Kier molecular flexibility index (Phi) is 4.49. The fourth-order valence-corrected chi connectivity index (χ4v) is 3.16. The summed E-state index contributed by atoms with van der Waals surface area (Å²) in [4.78, 5) is 11.5. The van der Waals surface area contributed by atoms with Crippen molar-refractivity contribution in [3.8, 4) is 5.75 Å². The Morgan fingerprint density at radius 2 is 1.83 bits per heavy atom. The third-order valence-electron chi connectivity index (χ3n) is 4.08. The summed E-state index contributed by atoms with van der Waals surface area (Å²) in [5, 5.41) is 10.7. The highest BCUT2D eigenvalue weighted by molar-refractivity contribution is 6.35. The summed E-state index contributed by atoms with van der Waals surface area (Å²) < 4.78 is 7.64. The van der Waals surface area contributed by atoms with Crippen LogP contribution >= 0.6 is 11.6 Å². The monoisotopic (exact) mass is 343 g/mol. The zero-order valence-electron chi connectivity index (χ0n) is 13.5. The average Bonchev–Trinajstić information content (AvgIpc) is 2.91. The molecular formula is C19H18ClNO3. The van der Waals surface area contributed by atoms with Crippen molar-refractivity contribution in [2.45, 2.75) is 20.4 Å². The number of aromatic nitrogens is 1. The van der Waals surface area contributed by atoms with Crippen LogP contribution in [0.4, 0.5) is 0 Å². The molecule has 2 aromatic carbocycles. The largest absolute Gasteiger partial charge is 0.491 e. The van der Waals surface area contributed by atoms with Gasteiger partial charge in [-0.05, 0) is 43.2 Å². The van der Waals surface area contributed by atoms with Crippen molar-refractivity contribution < 1.29 is 14.6 Å². The van der Waals surface area contributed by atoms with Gasteiger partial charge in [0.15, 0.2) is 0 Å². The van der Waals surface area contributed by atoms with Crippen LogP contribution in [0.1, 0.15) is 21.6 Å². The summed E-state index contributed by atoms with van der Waals surface area (Å²) in [6.45, 7) is 4.80. The lowest BCUT2D eigenvalue weighted by atomic mass is 10.1. The molecule has 0 atom stereocenters. The first kappa shape index (κ1) is 16.4. The van der Waals surface area contributed by atoms with E-state index in [1.165, 1.54) is 0 Å². The van der Waals surface area contributed by atoms with Gasteiger partial charge in [0.1, 0.15) is 18.1 Å². The Morgan fingerprint density at radius 1 is 1.17 bits per heavy atom. The molecule has 5 heteroatoms. The zero-order chi connectivity index (χ0) is 17.3. The molecule has 1 heterocycles. The van der Waals surface area contributed by atoms with Gasteiger partial charge in [-0.1, -0.05) is 35.9 Å². The van der Waals surface area contributed by atoms with Crippen molar-refractivity contribution in [2.24, 2.45) is 0 Å². The minimum Gasteiger partial charge on any atom is -0.491 e. The molecule has 1 N–H and O–H groups in total. The molecule has 0 aliphatic carbocycles. The van der Waals surface area contributed by atoms with Gasteiger partial charge in [0.2, 0.25) is 0 Å². The number of rotatable bonds is 5. The smallest absolute Gasteiger partial charge is 0.352 e. The lowest BCUT2D eigenvalue weighted by molar-refractivity contribution is 0.0684. The molecule has 4 nitrogen and oxygen atoms in total. The van der Waals surface area contributed by atoms with Gasteiger partial charge in [-0.2, -0.15) is 0 Å². The topological polar surface area (TPSA) is 51.5 Å². The molecule has 0 saturated carbocycles. The van der Waals surface area contributed by atoms with Crippen LogP contribution in [-0.4, -0.2) is 22.2 Å². The number of ether oxygens (including phenoxy) is 1. The van der Waals surface area contributed by atoms with Crippen LogP contribution in [0.2, 0.25) is 5.02 Å². The number of aromatic carboxylic acids is 1. The van der Waals surface area contributed by atoms with Crippen molar-refractivity contribution in [1.29, 1.82) is 0 Å². The molecular weight excluding hydrogens is 326 g/mol. The standard InChI is InChI=1S/C19H18ClNO3/c1-12-5-3-6-13(2)18(12)24-10-9-21-16-8-4-7-15(20)14(16)11-17(21)19(22)23/h3-8,11H,9-10H2,1-2H3,(H,22,23). The van der Waals surface area contributed by atoms with Crippen LogP contribution in [0.5, 0.6) is 5.75 Å². The predicted molar refractivity (Wildman–Crippen MR) is 95.3 cm³/mol. The molecule has 1 aromatic heterocycles. The maximum Gasteiger partial charge on any atom is 0.352 e. The maximum atomic E-state index is 11.5. The summed E-state index contributed by atoms with van der Waals surface area (Å²) in [5.74, 6) is -0.127. The Hall–Kier alpha value is -2.46. The first-order valence-corrected chi connectivity index (χ1v) is 8.07. The Morgan fingerprint density at radius 3 is 2.50 bits per heavy atom. The number of carbonyl (C=O) groups is 1. The normalized spacial score (nSPS) is 11.0. The quantitative estimate of drug-likeness (QED) is 0.731. The molecule has 0 radical (unpaired) electrons. The van der Waals surface area contributed by atoms with E-state index in [-0.39, 0.29) is 5.69 Å². The van der Waals surface area contributed by atoms with Crippen molar-refractivity contribution in [1.82, 2.24) is 4.57 Å². The van der Waals surface area contributed by atoms with E-state index in [0.717, 1.165) is 27.8 Å². The van der Waals surface area contributed by atoms with Crippen LogP contribution in [-0.2, 0) is 6.54 Å². The molecule has 0 bridgehead atoms. The predicted octanol–water partition coefficient (Wildman–Crippen LogP) is 4.69. The lowest BCUT2D eigenvalue weighted by Gasteiger charge is -2.14. The number of hydrogen-bond acceptors (Lipinski definition) is 2. The van der Waals surface area contributed by atoms with E-state index in [9.17, 15) is 9.90 Å². The lowest BCUT2D eigenvalue weighted by Crippen LogP contribution is -2.14. The van der Waals surface area contributed by atoms with Crippen LogP contribution in [0, 0.1) is 13.8 Å². The van der Waals surface area contributed by atoms with Crippen molar-refractivity contribution in [3.63, 3.8) is 0 Å². The van der Waals surface area contributed by atoms with E-state index >= 15 is 0 Å². The Balaban J connectivity index is 1.89. The summed E-state index contributed by atoms with van der Waals surface area (Å²) in [6.07, 6.45) is 0. The van der Waals surface area contributed by atoms with Gasteiger partial charge < -0.3 is 14.4 Å². The maximum absolute atomic E-state index is 11.5. The minimum absolute atomic E-state index is 0.211. The second kappa shape index (κ2) is 6.57. The van der Waals surface area contributed by atoms with Gasteiger partial charge in [-0.3, -0.25) is 0 Å². The number of halogens is 1. The van der Waals surface area contributed by atoms with Crippen molar-refractivity contribution in [2.75, 3.05) is 6.61 Å². The van der Waals surface area contributed by atoms with Crippen LogP contribution in [0.25, 0.3) is 10.9 Å². The molecule has 0 amide bonds. The first-order chi connectivity index (χ1) is 11.5. The molecule has 0 fully saturated rings. The van der Waals surface area contributed by atoms with E-state index in [1.807, 2.05) is 44.2 Å². The molecule has 0 spiro atoms. The second-order valence-corrected chi connectivity index (χ2v) is 6.14. The highest BCUT2D eigenvalue weighted by atomic mass is 35.5. The summed E-state index contributed by atoms with van der Waals surface area (Å²) >= 11 is 6.18. The number of aryl methyl sites for hydroxylation is 2. The zero-order valence-corrected chi connectivity index (χ0v) is 14.3.